The van der Waals surface area contributed by atoms with E-state index in [0.29, 0.717) is 13.1 Å². The summed E-state index contributed by atoms with van der Waals surface area (Å²) in [6.45, 7) is 10.0. The first-order valence-electron chi connectivity index (χ1n) is 20.3. The topological polar surface area (TPSA) is 79.2 Å². The molecular weight excluding hydrogens is 574 g/mol. The number of carbonyl (C=O) groups is 1. The zero-order valence-electron chi connectivity index (χ0n) is 31.2. The number of β-amino-alcohol motifs (C(OH)–C–C–N with tert-alkyl or cyclic N) is 1. The van der Waals surface area contributed by atoms with Gasteiger partial charge in [0.1, 0.15) is 12.1 Å². The van der Waals surface area contributed by atoms with Crippen LogP contribution in [0.15, 0.2) is 0 Å². The molecule has 0 bridgehead atoms. The number of ether oxygens (including phenoxy) is 2. The largest absolute Gasteiger partial charge is 0.460 e. The number of morpholine rings is 1. The smallest absolute Gasteiger partial charge is 0.326 e. The Labute approximate surface area is 286 Å². The molecule has 1 saturated heterocycles. The molecule has 0 saturated carbocycles. The van der Waals surface area contributed by atoms with Crippen LogP contribution in [0, 0.1) is 0 Å². The van der Waals surface area contributed by atoms with Gasteiger partial charge in [0, 0.05) is 13.1 Å². The molecule has 6 nitrogen and oxygen atoms in total. The highest BCUT2D eigenvalue weighted by atomic mass is 16.6. The first-order chi connectivity index (χ1) is 22.4. The average Bonchev–Trinajstić information content (AvgIpc) is 3.03. The maximum Gasteiger partial charge on any atom is 0.326 e. The highest BCUT2D eigenvalue weighted by Crippen LogP contribution is 2.24. The number of rotatable bonds is 33. The van der Waals surface area contributed by atoms with Crippen LogP contribution in [-0.4, -0.2) is 71.2 Å². The fourth-order valence-electron chi connectivity index (χ4n) is 6.96. The minimum atomic E-state index is -0.543. The van der Waals surface area contributed by atoms with E-state index in [-0.39, 0.29) is 18.7 Å². The molecule has 0 aromatic carbocycles. The third-order valence-corrected chi connectivity index (χ3v) is 9.96. The predicted molar refractivity (Wildman–Crippen MR) is 194 cm³/mol. The minimum absolute atomic E-state index is 0.126. The Morgan fingerprint density at radius 3 is 1.54 bits per heavy atom. The first kappa shape index (κ1) is 43.3. The third-order valence-electron chi connectivity index (χ3n) is 9.96. The number of esters is 1. The van der Waals surface area contributed by atoms with Crippen LogP contribution in [0.2, 0.25) is 0 Å². The molecule has 1 rings (SSSR count). The van der Waals surface area contributed by atoms with Crippen LogP contribution in [0.1, 0.15) is 201 Å². The molecule has 1 heterocycles. The lowest BCUT2D eigenvalue weighted by atomic mass is 10.0. The molecule has 274 valence electrons. The quantitative estimate of drug-likeness (QED) is 0.0542. The summed E-state index contributed by atoms with van der Waals surface area (Å²) < 4.78 is 12.1. The number of cyclic esters (lactones) is 1. The Balaban J connectivity index is 2.54. The Bertz CT molecular complexity index is 674. The molecule has 2 N–H and O–H groups in total. The van der Waals surface area contributed by atoms with Crippen molar-refractivity contribution >= 4 is 5.97 Å². The minimum Gasteiger partial charge on any atom is -0.460 e. The van der Waals surface area contributed by atoms with Gasteiger partial charge in [0.25, 0.3) is 0 Å². The number of aliphatic hydroxyl groups excluding tert-OH is 2. The second-order valence-corrected chi connectivity index (χ2v) is 14.6. The molecule has 1 aliphatic rings. The van der Waals surface area contributed by atoms with E-state index in [4.69, 9.17) is 9.47 Å². The first-order valence-corrected chi connectivity index (χ1v) is 20.3. The van der Waals surface area contributed by atoms with Crippen molar-refractivity contribution in [3.63, 3.8) is 0 Å². The standard InChI is InChI=1S/C40H79NO5/c1-5-8-11-14-17-20-23-26-29-36(42)32-41-33-38(31-28-25-22-19-16-13-10-7-3)46-40(44)39(41)35(4)45-34-37(43)30-27-24-21-18-15-12-9-6-2/h35-39,42-43H,5-34H2,1-4H3. The summed E-state index contributed by atoms with van der Waals surface area (Å²) in [6.07, 6.45) is 30.9. The summed E-state index contributed by atoms with van der Waals surface area (Å²) >= 11 is 0. The molecule has 0 aromatic rings. The van der Waals surface area contributed by atoms with E-state index in [1.54, 1.807) is 0 Å². The molecule has 6 heteroatoms. The van der Waals surface area contributed by atoms with E-state index in [0.717, 1.165) is 51.4 Å². The molecule has 0 aromatic heterocycles. The van der Waals surface area contributed by atoms with Crippen LogP contribution >= 0.6 is 0 Å². The highest BCUT2D eigenvalue weighted by Gasteiger charge is 2.41. The Morgan fingerprint density at radius 2 is 1.07 bits per heavy atom. The van der Waals surface area contributed by atoms with Gasteiger partial charge in [0.15, 0.2) is 0 Å². The van der Waals surface area contributed by atoms with Gasteiger partial charge in [-0.15, -0.1) is 0 Å². The number of hydrogen-bond donors (Lipinski definition) is 2. The van der Waals surface area contributed by atoms with Gasteiger partial charge in [0.05, 0.1) is 24.9 Å². The van der Waals surface area contributed by atoms with E-state index >= 15 is 0 Å². The molecule has 5 atom stereocenters. The molecule has 5 unspecified atom stereocenters. The molecule has 1 fully saturated rings. The lowest BCUT2D eigenvalue weighted by Gasteiger charge is -2.41. The van der Waals surface area contributed by atoms with Gasteiger partial charge in [-0.25, -0.2) is 0 Å². The van der Waals surface area contributed by atoms with E-state index in [1.807, 2.05) is 6.92 Å². The van der Waals surface area contributed by atoms with Crippen LogP contribution in [-0.2, 0) is 14.3 Å². The molecular formula is C40H79NO5. The summed E-state index contributed by atoms with van der Waals surface area (Å²) in [5.74, 6) is -0.236. The van der Waals surface area contributed by atoms with Gasteiger partial charge in [-0.3, -0.25) is 9.69 Å². The van der Waals surface area contributed by atoms with Crippen molar-refractivity contribution in [1.29, 1.82) is 0 Å². The Morgan fingerprint density at radius 1 is 0.652 bits per heavy atom. The van der Waals surface area contributed by atoms with Crippen molar-refractivity contribution < 1.29 is 24.5 Å². The van der Waals surface area contributed by atoms with Gasteiger partial charge in [-0.2, -0.15) is 0 Å². The molecule has 1 aliphatic heterocycles. The summed E-state index contributed by atoms with van der Waals surface area (Å²) in [5, 5.41) is 21.6. The fourth-order valence-corrected chi connectivity index (χ4v) is 6.96. The van der Waals surface area contributed by atoms with Crippen molar-refractivity contribution in [2.24, 2.45) is 0 Å². The highest BCUT2D eigenvalue weighted by molar-refractivity contribution is 5.77. The number of hydrogen-bond acceptors (Lipinski definition) is 6. The van der Waals surface area contributed by atoms with Crippen molar-refractivity contribution in [3.8, 4) is 0 Å². The second-order valence-electron chi connectivity index (χ2n) is 14.6. The van der Waals surface area contributed by atoms with E-state index in [9.17, 15) is 15.0 Å². The summed E-state index contributed by atoms with van der Waals surface area (Å²) in [7, 11) is 0. The van der Waals surface area contributed by atoms with Gasteiger partial charge >= 0.3 is 5.97 Å². The van der Waals surface area contributed by atoms with Crippen molar-refractivity contribution in [2.75, 3.05) is 19.7 Å². The predicted octanol–water partition coefficient (Wildman–Crippen LogP) is 10.3. The van der Waals surface area contributed by atoms with Crippen LogP contribution in [0.4, 0.5) is 0 Å². The van der Waals surface area contributed by atoms with Crippen molar-refractivity contribution in [2.45, 2.75) is 232 Å². The van der Waals surface area contributed by atoms with Crippen LogP contribution in [0.25, 0.3) is 0 Å². The molecule has 46 heavy (non-hydrogen) atoms. The third kappa shape index (κ3) is 22.8. The van der Waals surface area contributed by atoms with E-state index in [1.165, 1.54) is 122 Å². The molecule has 0 spiro atoms. The monoisotopic (exact) mass is 654 g/mol. The van der Waals surface area contributed by atoms with E-state index in [2.05, 4.69) is 25.7 Å². The van der Waals surface area contributed by atoms with E-state index < -0.39 is 24.4 Å². The van der Waals surface area contributed by atoms with Crippen LogP contribution in [0.3, 0.4) is 0 Å². The number of nitrogens with zero attached hydrogens (tertiary/aromatic N) is 1. The normalized spacial score (nSPS) is 19.3. The fraction of sp³-hybridized carbons (Fsp3) is 0.975. The second kappa shape index (κ2) is 30.4. The van der Waals surface area contributed by atoms with Crippen LogP contribution < -0.4 is 0 Å². The zero-order valence-corrected chi connectivity index (χ0v) is 31.2. The van der Waals surface area contributed by atoms with Gasteiger partial charge in [-0.05, 0) is 32.6 Å². The summed E-state index contributed by atoms with van der Waals surface area (Å²) in [5.41, 5.74) is 0. The van der Waals surface area contributed by atoms with Gasteiger partial charge < -0.3 is 19.7 Å². The number of unbranched alkanes of at least 4 members (excludes halogenated alkanes) is 21. The number of carbonyl (C=O) groups excluding carboxylic acids is 1. The maximum atomic E-state index is 13.4. The Hall–Kier alpha value is -0.690. The molecule has 0 radical (unpaired) electrons. The SMILES string of the molecule is CCCCCCCCCCC(O)COC(C)C1C(=O)OC(CCCCCCCCCC)CN1CC(O)CCCCCCCCCC. The molecule has 0 aliphatic carbocycles. The van der Waals surface area contributed by atoms with Crippen LogP contribution in [0.5, 0.6) is 0 Å². The number of aliphatic hydroxyl groups is 2. The molecule has 0 amide bonds. The zero-order chi connectivity index (χ0) is 33.7. The summed E-state index contributed by atoms with van der Waals surface area (Å²) in [6, 6.07) is -0.543. The lowest BCUT2D eigenvalue weighted by molar-refractivity contribution is -0.178. The lowest BCUT2D eigenvalue weighted by Crippen LogP contribution is -2.59. The van der Waals surface area contributed by atoms with Crippen molar-refractivity contribution in [1.82, 2.24) is 4.90 Å². The van der Waals surface area contributed by atoms with Gasteiger partial charge in [-0.1, -0.05) is 168 Å². The summed E-state index contributed by atoms with van der Waals surface area (Å²) in [4.78, 5) is 15.5. The van der Waals surface area contributed by atoms with Crippen molar-refractivity contribution in [3.05, 3.63) is 0 Å². The average molecular weight is 654 g/mol. The Kier molecular flexibility index (Phi) is 28.6. The van der Waals surface area contributed by atoms with Gasteiger partial charge in [0.2, 0.25) is 0 Å². The maximum absolute atomic E-state index is 13.4.